The van der Waals surface area contributed by atoms with Gasteiger partial charge in [0.25, 0.3) is 0 Å². The SMILES string of the molecule is c1ccc(-c2ccc(-c3ccc4ccc(-c5c6ccccc6c(-c6ccccc6)c6ccccc56)cc4c3-c3ccccc3-c3ccc4ccccc4c3)cc2)cc1. The Kier molecular flexibility index (Phi) is 8.26. The molecule has 0 spiro atoms. The monoisotopic (exact) mass is 734 g/mol. The lowest BCUT2D eigenvalue weighted by molar-refractivity contribution is 1.58. The minimum Gasteiger partial charge on any atom is -0.0622 e. The molecule has 11 rings (SSSR count). The Bertz CT molecular complexity index is 3240. The van der Waals surface area contributed by atoms with Gasteiger partial charge in [0.2, 0.25) is 0 Å². The van der Waals surface area contributed by atoms with Crippen molar-refractivity contribution in [3.05, 3.63) is 231 Å². The summed E-state index contributed by atoms with van der Waals surface area (Å²) in [5, 5.41) is 9.96. The molecular weight excluding hydrogens is 697 g/mol. The predicted octanol–water partition coefficient (Wildman–Crippen LogP) is 16.3. The summed E-state index contributed by atoms with van der Waals surface area (Å²) >= 11 is 0. The molecule has 0 aliphatic heterocycles. The quantitative estimate of drug-likeness (QED) is 0.149. The minimum absolute atomic E-state index is 1.19. The molecule has 11 aromatic rings. The third kappa shape index (κ3) is 5.78. The van der Waals surface area contributed by atoms with Crippen molar-refractivity contribution in [2.24, 2.45) is 0 Å². The summed E-state index contributed by atoms with van der Waals surface area (Å²) in [6.45, 7) is 0. The summed E-state index contributed by atoms with van der Waals surface area (Å²) in [5.74, 6) is 0. The molecule has 0 bridgehead atoms. The smallest absolute Gasteiger partial charge is 0.00204 e. The lowest BCUT2D eigenvalue weighted by Crippen LogP contribution is -1.93. The zero-order valence-electron chi connectivity index (χ0n) is 31.9. The molecule has 0 saturated carbocycles. The highest BCUT2D eigenvalue weighted by Crippen LogP contribution is 2.47. The molecule has 0 radical (unpaired) electrons. The molecule has 0 aliphatic rings. The van der Waals surface area contributed by atoms with E-state index in [0.29, 0.717) is 0 Å². The summed E-state index contributed by atoms with van der Waals surface area (Å²) in [4.78, 5) is 0. The summed E-state index contributed by atoms with van der Waals surface area (Å²) in [7, 11) is 0. The van der Waals surface area contributed by atoms with Gasteiger partial charge in [-0.05, 0) is 122 Å². The molecule has 0 fully saturated rings. The highest BCUT2D eigenvalue weighted by Gasteiger charge is 2.20. The molecule has 0 heterocycles. The van der Waals surface area contributed by atoms with Gasteiger partial charge in [0.05, 0.1) is 0 Å². The Morgan fingerprint density at radius 1 is 0.172 bits per heavy atom. The van der Waals surface area contributed by atoms with Crippen LogP contribution in [0.1, 0.15) is 0 Å². The van der Waals surface area contributed by atoms with E-state index >= 15 is 0 Å². The molecule has 0 N–H and O–H groups in total. The third-order valence-corrected chi connectivity index (χ3v) is 11.9. The van der Waals surface area contributed by atoms with Gasteiger partial charge in [-0.1, -0.05) is 218 Å². The molecule has 58 heavy (non-hydrogen) atoms. The average molecular weight is 735 g/mol. The second-order valence-corrected chi connectivity index (χ2v) is 15.2. The van der Waals surface area contributed by atoms with E-state index in [1.165, 1.54) is 110 Å². The maximum atomic E-state index is 2.46. The fraction of sp³-hybridized carbons (Fsp3) is 0. The zero-order chi connectivity index (χ0) is 38.4. The lowest BCUT2D eigenvalue weighted by atomic mass is 9.83. The largest absolute Gasteiger partial charge is 0.0622 e. The van der Waals surface area contributed by atoms with E-state index in [1.54, 1.807) is 0 Å². The molecule has 270 valence electrons. The number of rotatable bonds is 6. The van der Waals surface area contributed by atoms with Crippen LogP contribution in [-0.2, 0) is 0 Å². The van der Waals surface area contributed by atoms with Gasteiger partial charge in [0.15, 0.2) is 0 Å². The van der Waals surface area contributed by atoms with Crippen molar-refractivity contribution < 1.29 is 0 Å². The maximum Gasteiger partial charge on any atom is -0.00204 e. The van der Waals surface area contributed by atoms with Gasteiger partial charge in [-0.15, -0.1) is 0 Å². The number of benzene rings is 11. The molecular formula is C58H38. The second kappa shape index (κ2) is 14.2. The average Bonchev–Trinajstić information content (AvgIpc) is 3.30. The predicted molar refractivity (Wildman–Crippen MR) is 249 cm³/mol. The number of hydrogen-bond acceptors (Lipinski definition) is 0. The van der Waals surface area contributed by atoms with Crippen molar-refractivity contribution in [1.29, 1.82) is 0 Å². The second-order valence-electron chi connectivity index (χ2n) is 15.2. The fourth-order valence-electron chi connectivity index (χ4n) is 9.14. The molecule has 0 aromatic heterocycles. The van der Waals surface area contributed by atoms with E-state index in [-0.39, 0.29) is 0 Å². The van der Waals surface area contributed by atoms with Crippen LogP contribution < -0.4 is 0 Å². The third-order valence-electron chi connectivity index (χ3n) is 11.9. The van der Waals surface area contributed by atoms with Crippen LogP contribution in [0, 0.1) is 0 Å². The Labute approximate surface area is 339 Å². The summed E-state index contributed by atoms with van der Waals surface area (Å²) < 4.78 is 0. The number of fused-ring (bicyclic) bond motifs is 4. The first-order chi connectivity index (χ1) is 28.8. The van der Waals surface area contributed by atoms with Gasteiger partial charge >= 0.3 is 0 Å². The van der Waals surface area contributed by atoms with E-state index in [2.05, 4.69) is 231 Å². The maximum absolute atomic E-state index is 2.46. The lowest BCUT2D eigenvalue weighted by Gasteiger charge is -2.20. The van der Waals surface area contributed by atoms with Crippen LogP contribution >= 0.6 is 0 Å². The van der Waals surface area contributed by atoms with Crippen molar-refractivity contribution in [3.63, 3.8) is 0 Å². The van der Waals surface area contributed by atoms with Crippen LogP contribution in [0.5, 0.6) is 0 Å². The molecule has 0 nitrogen and oxygen atoms in total. The normalized spacial score (nSPS) is 11.4. The van der Waals surface area contributed by atoms with Gasteiger partial charge in [-0.3, -0.25) is 0 Å². The van der Waals surface area contributed by atoms with Crippen LogP contribution in [0.2, 0.25) is 0 Å². The van der Waals surface area contributed by atoms with Crippen LogP contribution in [0.3, 0.4) is 0 Å². The topological polar surface area (TPSA) is 0 Å². The fourth-order valence-corrected chi connectivity index (χ4v) is 9.14. The van der Waals surface area contributed by atoms with Gasteiger partial charge < -0.3 is 0 Å². The first-order valence-electron chi connectivity index (χ1n) is 20.1. The molecule has 0 heteroatoms. The highest BCUT2D eigenvalue weighted by molar-refractivity contribution is 6.22. The van der Waals surface area contributed by atoms with Crippen molar-refractivity contribution in [3.8, 4) is 66.8 Å². The van der Waals surface area contributed by atoms with Crippen molar-refractivity contribution in [1.82, 2.24) is 0 Å². The van der Waals surface area contributed by atoms with E-state index in [1.807, 2.05) is 0 Å². The Hall–Kier alpha value is -7.54. The molecule has 0 aliphatic carbocycles. The van der Waals surface area contributed by atoms with E-state index in [4.69, 9.17) is 0 Å². The number of hydrogen-bond donors (Lipinski definition) is 0. The molecule has 0 saturated heterocycles. The molecule has 11 aromatic carbocycles. The van der Waals surface area contributed by atoms with E-state index < -0.39 is 0 Å². The summed E-state index contributed by atoms with van der Waals surface area (Å²) in [6.07, 6.45) is 0. The Balaban J connectivity index is 1.19. The summed E-state index contributed by atoms with van der Waals surface area (Å²) in [5.41, 5.74) is 14.7. The first kappa shape index (κ1) is 33.8. The van der Waals surface area contributed by atoms with Crippen LogP contribution in [0.15, 0.2) is 231 Å². The van der Waals surface area contributed by atoms with E-state index in [9.17, 15) is 0 Å². The molecule has 0 unspecified atom stereocenters. The van der Waals surface area contributed by atoms with Crippen molar-refractivity contribution >= 4 is 43.1 Å². The van der Waals surface area contributed by atoms with Gasteiger partial charge in [-0.25, -0.2) is 0 Å². The molecule has 0 amide bonds. The Morgan fingerprint density at radius 3 is 1.29 bits per heavy atom. The minimum atomic E-state index is 1.19. The standard InChI is InChI=1S/C58H38/c1-3-15-39(16-4-1)41-27-30-42(31-28-41)49-36-35-43-32-34-47(38-55(43)58(49)50-22-10-9-21-48(50)46-33-29-40-17-7-8-20-45(40)37-46)57-53-25-13-11-23-51(53)56(44-18-5-2-6-19-44)52-24-12-14-26-54(52)57/h1-38H. The first-order valence-corrected chi connectivity index (χ1v) is 20.1. The molecule has 0 atom stereocenters. The van der Waals surface area contributed by atoms with Crippen molar-refractivity contribution in [2.45, 2.75) is 0 Å². The van der Waals surface area contributed by atoms with Crippen LogP contribution in [-0.4, -0.2) is 0 Å². The summed E-state index contributed by atoms with van der Waals surface area (Å²) in [6, 6.07) is 84.7. The van der Waals surface area contributed by atoms with Gasteiger partial charge in [0.1, 0.15) is 0 Å². The van der Waals surface area contributed by atoms with Gasteiger partial charge in [-0.2, -0.15) is 0 Å². The van der Waals surface area contributed by atoms with Crippen molar-refractivity contribution in [2.75, 3.05) is 0 Å². The highest BCUT2D eigenvalue weighted by atomic mass is 14.2. The van der Waals surface area contributed by atoms with Crippen LogP contribution in [0.25, 0.3) is 110 Å². The van der Waals surface area contributed by atoms with Crippen LogP contribution in [0.4, 0.5) is 0 Å². The Morgan fingerprint density at radius 2 is 0.621 bits per heavy atom. The van der Waals surface area contributed by atoms with E-state index in [0.717, 1.165) is 0 Å². The van der Waals surface area contributed by atoms with Gasteiger partial charge in [0, 0.05) is 0 Å². The zero-order valence-corrected chi connectivity index (χ0v) is 31.9.